The molecular weight excluding hydrogens is 628 g/mol. The highest BCUT2D eigenvalue weighted by molar-refractivity contribution is 5.97. The van der Waals surface area contributed by atoms with Crippen molar-refractivity contribution in [2.75, 3.05) is 20.2 Å². The summed E-state index contributed by atoms with van der Waals surface area (Å²) >= 11 is 0. The van der Waals surface area contributed by atoms with Crippen molar-refractivity contribution in [2.24, 2.45) is 11.8 Å². The second-order valence-electron chi connectivity index (χ2n) is 13.1. The van der Waals surface area contributed by atoms with Crippen LogP contribution in [0.3, 0.4) is 0 Å². The Kier molecular flexibility index (Phi) is 12.5. The predicted molar refractivity (Wildman–Crippen MR) is 182 cm³/mol. The number of hydrogen-bond acceptors (Lipinski definition) is 8. The van der Waals surface area contributed by atoms with Crippen molar-refractivity contribution in [1.82, 2.24) is 31.3 Å². The number of amides is 5. The maximum Gasteiger partial charge on any atom is 0.276 e. The lowest BCUT2D eigenvalue weighted by Crippen LogP contribution is -2.57. The largest absolute Gasteiger partial charge is 0.497 e. The molecule has 3 aromatic rings. The molecule has 0 radical (unpaired) electrons. The second kappa shape index (κ2) is 16.8. The summed E-state index contributed by atoms with van der Waals surface area (Å²) in [6, 6.07) is 14.1. The van der Waals surface area contributed by atoms with Crippen LogP contribution in [0, 0.1) is 11.8 Å². The number of ether oxygens (including phenoxy) is 1. The highest BCUT2D eigenvalue weighted by atomic mass is 16.5. The number of carbonyl (C=O) groups is 5. The van der Waals surface area contributed by atoms with Gasteiger partial charge in [-0.15, -0.1) is 0 Å². The SMILES string of the molecule is COc1ccc(C[C@@H]2NC(=O)[C@H](CC(C)C)NC(=O)CN(C(=O)c3cc(-c4ccccc4)on3)C[C@H](C(C)C)NC(=O)[C@@H](C)NC2=O)cc1. The molecular formula is C36H46N6O7. The molecule has 4 atom stereocenters. The molecule has 0 bridgehead atoms. The van der Waals surface area contributed by atoms with Crippen LogP contribution in [-0.2, 0) is 25.6 Å². The van der Waals surface area contributed by atoms with E-state index in [0.717, 1.165) is 11.1 Å². The van der Waals surface area contributed by atoms with Crippen LogP contribution in [0.2, 0.25) is 0 Å². The molecule has 0 unspecified atom stereocenters. The van der Waals surface area contributed by atoms with Crippen LogP contribution >= 0.6 is 0 Å². The van der Waals surface area contributed by atoms with Crippen molar-refractivity contribution >= 4 is 29.5 Å². The topological polar surface area (TPSA) is 172 Å². The summed E-state index contributed by atoms with van der Waals surface area (Å²) in [5.74, 6) is -1.94. The van der Waals surface area contributed by atoms with Crippen LogP contribution in [0.4, 0.5) is 0 Å². The molecule has 1 aromatic heterocycles. The summed E-state index contributed by atoms with van der Waals surface area (Å²) in [5.41, 5.74) is 1.45. The Morgan fingerprint density at radius 2 is 1.57 bits per heavy atom. The van der Waals surface area contributed by atoms with E-state index in [0.29, 0.717) is 11.5 Å². The van der Waals surface area contributed by atoms with Crippen LogP contribution in [-0.4, -0.2) is 84.0 Å². The molecule has 5 amide bonds. The van der Waals surface area contributed by atoms with Gasteiger partial charge < -0.3 is 35.4 Å². The summed E-state index contributed by atoms with van der Waals surface area (Å²) in [5, 5.41) is 15.2. The van der Waals surface area contributed by atoms with Gasteiger partial charge >= 0.3 is 0 Å². The van der Waals surface area contributed by atoms with E-state index in [9.17, 15) is 24.0 Å². The minimum Gasteiger partial charge on any atom is -0.497 e. The molecule has 2 aromatic carbocycles. The fraction of sp³-hybridized carbons (Fsp3) is 0.444. The number of benzene rings is 2. The van der Waals surface area contributed by atoms with Crippen LogP contribution in [0.1, 0.15) is 57.1 Å². The van der Waals surface area contributed by atoms with Crippen molar-refractivity contribution in [2.45, 2.75) is 71.6 Å². The smallest absolute Gasteiger partial charge is 0.276 e. The number of carbonyl (C=O) groups excluding carboxylic acids is 5. The average Bonchev–Trinajstić information content (AvgIpc) is 3.57. The first-order chi connectivity index (χ1) is 23.3. The van der Waals surface area contributed by atoms with Gasteiger partial charge in [0.2, 0.25) is 23.6 Å². The van der Waals surface area contributed by atoms with E-state index in [1.54, 1.807) is 38.3 Å². The fourth-order valence-corrected chi connectivity index (χ4v) is 5.44. The molecule has 1 saturated heterocycles. The Bertz CT molecular complexity index is 1610. The Morgan fingerprint density at radius 1 is 0.898 bits per heavy atom. The monoisotopic (exact) mass is 674 g/mol. The second-order valence-corrected chi connectivity index (χ2v) is 13.1. The molecule has 0 saturated carbocycles. The molecule has 2 heterocycles. The van der Waals surface area contributed by atoms with Gasteiger partial charge in [0.25, 0.3) is 5.91 Å². The summed E-state index contributed by atoms with van der Waals surface area (Å²) in [7, 11) is 1.55. The lowest BCUT2D eigenvalue weighted by Gasteiger charge is -2.30. The van der Waals surface area contributed by atoms with Crippen molar-refractivity contribution in [3.05, 3.63) is 71.9 Å². The van der Waals surface area contributed by atoms with E-state index < -0.39 is 60.2 Å². The number of methoxy groups -OCH3 is 1. The van der Waals surface area contributed by atoms with Gasteiger partial charge in [-0.3, -0.25) is 24.0 Å². The van der Waals surface area contributed by atoms with E-state index in [-0.39, 0.29) is 36.9 Å². The summed E-state index contributed by atoms with van der Waals surface area (Å²) < 4.78 is 10.7. The summed E-state index contributed by atoms with van der Waals surface area (Å²) in [6.07, 6.45) is 0.398. The van der Waals surface area contributed by atoms with Crippen LogP contribution in [0.25, 0.3) is 11.3 Å². The van der Waals surface area contributed by atoms with Crippen molar-refractivity contribution in [3.8, 4) is 17.1 Å². The summed E-state index contributed by atoms with van der Waals surface area (Å²) in [6.45, 7) is 8.65. The van der Waals surface area contributed by atoms with Crippen LogP contribution in [0.15, 0.2) is 65.2 Å². The summed E-state index contributed by atoms with van der Waals surface area (Å²) in [4.78, 5) is 69.5. The highest BCUT2D eigenvalue weighted by Crippen LogP contribution is 2.21. The van der Waals surface area contributed by atoms with Gasteiger partial charge in [0.15, 0.2) is 11.5 Å². The van der Waals surface area contributed by atoms with E-state index in [1.807, 2.05) is 58.0 Å². The van der Waals surface area contributed by atoms with E-state index >= 15 is 0 Å². The molecule has 4 N–H and O–H groups in total. The molecule has 49 heavy (non-hydrogen) atoms. The lowest BCUT2D eigenvalue weighted by molar-refractivity contribution is -0.133. The zero-order valence-electron chi connectivity index (χ0n) is 28.8. The van der Waals surface area contributed by atoms with Gasteiger partial charge in [-0.25, -0.2) is 0 Å². The zero-order chi connectivity index (χ0) is 35.7. The van der Waals surface area contributed by atoms with Crippen molar-refractivity contribution in [1.29, 1.82) is 0 Å². The van der Waals surface area contributed by atoms with Gasteiger partial charge in [-0.05, 0) is 42.9 Å². The average molecular weight is 675 g/mol. The third-order valence-electron chi connectivity index (χ3n) is 8.30. The number of nitrogens with one attached hydrogen (secondary N) is 4. The first kappa shape index (κ1) is 36.6. The molecule has 262 valence electrons. The Balaban J connectivity index is 1.66. The third kappa shape index (κ3) is 10.1. The maximum atomic E-state index is 13.9. The quantitative estimate of drug-likeness (QED) is 0.283. The fourth-order valence-electron chi connectivity index (χ4n) is 5.44. The van der Waals surface area contributed by atoms with Gasteiger partial charge in [-0.2, -0.15) is 0 Å². The minimum absolute atomic E-state index is 0.00318. The van der Waals surface area contributed by atoms with E-state index in [4.69, 9.17) is 9.26 Å². The van der Waals surface area contributed by atoms with Crippen molar-refractivity contribution < 1.29 is 33.2 Å². The van der Waals surface area contributed by atoms with Crippen LogP contribution < -0.4 is 26.0 Å². The third-order valence-corrected chi connectivity index (χ3v) is 8.30. The van der Waals surface area contributed by atoms with Crippen molar-refractivity contribution in [3.63, 3.8) is 0 Å². The lowest BCUT2D eigenvalue weighted by atomic mass is 10.0. The maximum absolute atomic E-state index is 13.9. The highest BCUT2D eigenvalue weighted by Gasteiger charge is 2.33. The number of rotatable bonds is 8. The number of hydrogen-bond donors (Lipinski definition) is 4. The molecule has 13 nitrogen and oxygen atoms in total. The normalized spacial score (nSPS) is 21.3. The Labute approximate surface area is 286 Å². The molecule has 0 spiro atoms. The number of nitrogens with zero attached hydrogens (tertiary/aromatic N) is 2. The van der Waals surface area contributed by atoms with Gasteiger partial charge in [0, 0.05) is 30.6 Å². The Hall–Kier alpha value is -5.20. The van der Waals surface area contributed by atoms with Crippen LogP contribution in [0.5, 0.6) is 5.75 Å². The standard InChI is InChI=1S/C36H46N6O7/c1-21(2)16-27-35(46)39-28(17-24-12-14-26(48-6)15-13-24)34(45)37-23(5)33(44)40-30(22(3)4)19-42(20-32(43)38-27)36(47)29-18-31(49-41-29)25-10-8-7-9-11-25/h7-15,18,21-23,27-28,30H,16-17,19-20H2,1-6H3,(H,37,45)(H,38,43)(H,39,46)(H,40,44)/t23-,27+,28+,30-/m1/s1. The number of aromatic nitrogens is 1. The molecule has 4 rings (SSSR count). The van der Waals surface area contributed by atoms with E-state index in [1.165, 1.54) is 11.0 Å². The molecule has 13 heteroatoms. The minimum atomic E-state index is -1.06. The van der Waals surface area contributed by atoms with Gasteiger partial charge in [0.1, 0.15) is 23.9 Å². The van der Waals surface area contributed by atoms with Gasteiger partial charge in [-0.1, -0.05) is 75.3 Å². The molecule has 1 aliphatic heterocycles. The first-order valence-corrected chi connectivity index (χ1v) is 16.5. The molecule has 1 fully saturated rings. The first-order valence-electron chi connectivity index (χ1n) is 16.5. The molecule has 0 aliphatic carbocycles. The van der Waals surface area contributed by atoms with Gasteiger partial charge in [0.05, 0.1) is 13.7 Å². The Morgan fingerprint density at radius 3 is 2.20 bits per heavy atom. The molecule has 1 aliphatic rings. The predicted octanol–water partition coefficient (Wildman–Crippen LogP) is 2.71. The zero-order valence-corrected chi connectivity index (χ0v) is 28.8. The van der Waals surface area contributed by atoms with E-state index in [2.05, 4.69) is 26.4 Å².